The number of carbonyl (C=O) groups is 2. The quantitative estimate of drug-likeness (QED) is 0.740. The van der Waals surface area contributed by atoms with Crippen molar-refractivity contribution in [2.45, 2.75) is 52.0 Å². The normalized spacial score (nSPS) is 18.9. The second-order valence-electron chi connectivity index (χ2n) is 8.24. The molecule has 1 fully saturated rings. The van der Waals surface area contributed by atoms with Crippen LogP contribution in [0.5, 0.6) is 0 Å². The summed E-state index contributed by atoms with van der Waals surface area (Å²) in [6, 6.07) is 9.91. The fourth-order valence-electron chi connectivity index (χ4n) is 3.59. The van der Waals surface area contributed by atoms with Crippen LogP contribution in [0.2, 0.25) is 0 Å². The maximum Gasteiger partial charge on any atom is 0.223 e. The molecule has 1 aromatic rings. The topological polar surface area (TPSA) is 40.6 Å². The smallest absolute Gasteiger partial charge is 0.223 e. The molecule has 0 spiro atoms. The second kappa shape index (κ2) is 8.61. The van der Waals surface area contributed by atoms with Crippen molar-refractivity contribution in [3.05, 3.63) is 35.9 Å². The molecular weight excluding hydrogens is 312 g/mol. The van der Waals surface area contributed by atoms with Crippen LogP contribution in [0.3, 0.4) is 0 Å². The van der Waals surface area contributed by atoms with E-state index in [2.05, 4.69) is 19.0 Å². The molecule has 138 valence electrons. The number of hydrogen-bond donors (Lipinski definition) is 0. The van der Waals surface area contributed by atoms with E-state index in [4.69, 9.17) is 0 Å². The molecule has 1 amide bonds. The van der Waals surface area contributed by atoms with Crippen LogP contribution < -0.4 is 0 Å². The minimum Gasteiger partial charge on any atom is -0.343 e. The van der Waals surface area contributed by atoms with E-state index in [1.165, 1.54) is 0 Å². The van der Waals surface area contributed by atoms with Crippen LogP contribution in [-0.2, 0) is 4.79 Å². The molecule has 0 bridgehead atoms. The van der Waals surface area contributed by atoms with Crippen LogP contribution in [0.15, 0.2) is 30.3 Å². The number of likely N-dealkylation sites (tertiary alicyclic amines) is 1. The molecule has 1 aromatic carbocycles. The third-order valence-corrected chi connectivity index (χ3v) is 5.15. The first-order valence-corrected chi connectivity index (χ1v) is 9.31. The predicted molar refractivity (Wildman–Crippen MR) is 102 cm³/mol. The van der Waals surface area contributed by atoms with Crippen LogP contribution in [-0.4, -0.2) is 54.7 Å². The van der Waals surface area contributed by atoms with Gasteiger partial charge >= 0.3 is 0 Å². The van der Waals surface area contributed by atoms with Crippen molar-refractivity contribution in [3.63, 3.8) is 0 Å². The molecule has 0 radical (unpaired) electrons. The first-order valence-electron chi connectivity index (χ1n) is 9.31. The van der Waals surface area contributed by atoms with Gasteiger partial charge in [0.05, 0.1) is 0 Å². The summed E-state index contributed by atoms with van der Waals surface area (Å²) in [6.45, 7) is 5.70. The van der Waals surface area contributed by atoms with Gasteiger partial charge in [-0.3, -0.25) is 9.59 Å². The van der Waals surface area contributed by atoms with Crippen LogP contribution in [0.1, 0.15) is 56.3 Å². The van der Waals surface area contributed by atoms with Gasteiger partial charge in [-0.2, -0.15) is 0 Å². The third kappa shape index (κ3) is 5.96. The summed E-state index contributed by atoms with van der Waals surface area (Å²) in [4.78, 5) is 29.5. The van der Waals surface area contributed by atoms with Gasteiger partial charge in [0, 0.05) is 37.5 Å². The molecule has 2 rings (SSSR count). The molecule has 0 unspecified atom stereocenters. The lowest BCUT2D eigenvalue weighted by atomic mass is 9.82. The van der Waals surface area contributed by atoms with Crippen molar-refractivity contribution in [1.82, 2.24) is 9.80 Å². The average molecular weight is 344 g/mol. The van der Waals surface area contributed by atoms with Crippen molar-refractivity contribution < 1.29 is 9.59 Å². The summed E-state index contributed by atoms with van der Waals surface area (Å²) in [6.07, 6.45) is 4.06. The van der Waals surface area contributed by atoms with Crippen molar-refractivity contribution in [1.29, 1.82) is 0 Å². The highest BCUT2D eigenvalue weighted by atomic mass is 16.2. The third-order valence-electron chi connectivity index (χ3n) is 5.15. The van der Waals surface area contributed by atoms with Crippen molar-refractivity contribution in [2.24, 2.45) is 5.41 Å². The highest BCUT2D eigenvalue weighted by Crippen LogP contribution is 2.28. The number of benzene rings is 1. The predicted octanol–water partition coefficient (Wildman–Crippen LogP) is 3.62. The minimum absolute atomic E-state index is 0.113. The van der Waals surface area contributed by atoms with Gasteiger partial charge in [0.25, 0.3) is 0 Å². The molecule has 0 N–H and O–H groups in total. The van der Waals surface area contributed by atoms with Gasteiger partial charge < -0.3 is 9.80 Å². The van der Waals surface area contributed by atoms with Crippen LogP contribution in [0, 0.1) is 5.41 Å². The Morgan fingerprint density at radius 2 is 1.76 bits per heavy atom. The second-order valence-corrected chi connectivity index (χ2v) is 8.24. The van der Waals surface area contributed by atoms with Crippen molar-refractivity contribution >= 4 is 11.7 Å². The average Bonchev–Trinajstić information content (AvgIpc) is 2.81. The molecule has 1 saturated heterocycles. The summed E-state index contributed by atoms with van der Waals surface area (Å²) in [5.41, 5.74) is 0.406. The number of amides is 1. The fraction of sp³-hybridized carbons (Fsp3) is 0.619. The van der Waals surface area contributed by atoms with Gasteiger partial charge in [0.2, 0.25) is 5.91 Å². The fourth-order valence-corrected chi connectivity index (χ4v) is 3.59. The van der Waals surface area contributed by atoms with Gasteiger partial charge in [-0.15, -0.1) is 0 Å². The lowest BCUT2D eigenvalue weighted by molar-refractivity contribution is -0.133. The molecule has 4 nitrogen and oxygen atoms in total. The first-order chi connectivity index (χ1) is 11.8. The summed E-state index contributed by atoms with van der Waals surface area (Å²) in [5.74, 6) is 0.298. The Balaban J connectivity index is 1.91. The number of rotatable bonds is 6. The van der Waals surface area contributed by atoms with E-state index in [1.807, 2.05) is 49.1 Å². The Morgan fingerprint density at radius 1 is 1.08 bits per heavy atom. The largest absolute Gasteiger partial charge is 0.343 e. The van der Waals surface area contributed by atoms with E-state index in [1.54, 1.807) is 0 Å². The zero-order valence-electron chi connectivity index (χ0n) is 16.1. The summed E-state index contributed by atoms with van der Waals surface area (Å²) in [7, 11) is 4.22. The Kier molecular flexibility index (Phi) is 6.77. The van der Waals surface area contributed by atoms with E-state index in [0.717, 1.165) is 37.9 Å². The van der Waals surface area contributed by atoms with Crippen molar-refractivity contribution in [2.75, 3.05) is 27.2 Å². The maximum atomic E-state index is 12.8. The summed E-state index contributed by atoms with van der Waals surface area (Å²) in [5, 5.41) is 0. The van der Waals surface area contributed by atoms with Gasteiger partial charge in [-0.25, -0.2) is 0 Å². The summed E-state index contributed by atoms with van der Waals surface area (Å²) < 4.78 is 0. The molecule has 1 aliphatic rings. The molecular formula is C21H32N2O2. The Morgan fingerprint density at radius 3 is 2.40 bits per heavy atom. The van der Waals surface area contributed by atoms with Crippen LogP contribution in [0.4, 0.5) is 0 Å². The molecule has 25 heavy (non-hydrogen) atoms. The number of hydrogen-bond acceptors (Lipinski definition) is 3. The van der Waals surface area contributed by atoms with Crippen molar-refractivity contribution in [3.8, 4) is 0 Å². The highest BCUT2D eigenvalue weighted by Gasteiger charge is 2.29. The lowest BCUT2D eigenvalue weighted by Crippen LogP contribution is -2.36. The van der Waals surface area contributed by atoms with E-state index < -0.39 is 0 Å². The molecule has 1 heterocycles. The monoisotopic (exact) mass is 344 g/mol. The van der Waals surface area contributed by atoms with E-state index in [0.29, 0.717) is 18.9 Å². The molecule has 0 saturated carbocycles. The zero-order valence-corrected chi connectivity index (χ0v) is 16.1. The Hall–Kier alpha value is -1.68. The minimum atomic E-state index is -0.322. The highest BCUT2D eigenvalue weighted by molar-refractivity contribution is 5.96. The SMILES string of the molecule is CN(C)[C@H]1CCCN(C(=O)CC(C)(C)CC(=O)c2ccccc2)CC1. The Bertz CT molecular complexity index is 581. The van der Waals surface area contributed by atoms with E-state index in [-0.39, 0.29) is 17.1 Å². The lowest BCUT2D eigenvalue weighted by Gasteiger charge is -2.28. The first kappa shape index (κ1) is 19.6. The molecule has 4 heteroatoms. The number of nitrogens with zero attached hydrogens (tertiary/aromatic N) is 2. The maximum absolute atomic E-state index is 12.8. The van der Waals surface area contributed by atoms with Crippen LogP contribution in [0.25, 0.3) is 0 Å². The zero-order chi connectivity index (χ0) is 18.4. The molecule has 0 aliphatic carbocycles. The molecule has 1 atom stereocenters. The standard InChI is InChI=1S/C21H32N2O2/c1-21(2,15-19(24)17-9-6-5-7-10-17)16-20(25)23-13-8-11-18(12-14-23)22(3)4/h5-7,9-10,18H,8,11-16H2,1-4H3/t18-/m0/s1. The van der Waals surface area contributed by atoms with Gasteiger partial charge in [0.1, 0.15) is 0 Å². The van der Waals surface area contributed by atoms with Gasteiger partial charge in [-0.05, 0) is 38.8 Å². The van der Waals surface area contributed by atoms with Gasteiger partial charge in [0.15, 0.2) is 5.78 Å². The Labute approximate surface area is 152 Å². The van der Waals surface area contributed by atoms with E-state index >= 15 is 0 Å². The number of ketones is 1. The summed E-state index contributed by atoms with van der Waals surface area (Å²) >= 11 is 0. The molecule has 1 aliphatic heterocycles. The number of Topliss-reactive ketones (excluding diaryl/α,β-unsaturated/α-hetero) is 1. The van der Waals surface area contributed by atoms with E-state index in [9.17, 15) is 9.59 Å². The van der Waals surface area contributed by atoms with Gasteiger partial charge in [-0.1, -0.05) is 44.2 Å². The van der Waals surface area contributed by atoms with Crippen LogP contribution >= 0.6 is 0 Å². The molecule has 0 aromatic heterocycles. The number of carbonyl (C=O) groups excluding carboxylic acids is 2.